The van der Waals surface area contributed by atoms with Crippen LogP contribution in [0, 0.1) is 19.8 Å². The Hall–Kier alpha value is -2.60. The van der Waals surface area contributed by atoms with E-state index >= 15 is 0 Å². The minimum absolute atomic E-state index is 0.0694. The predicted molar refractivity (Wildman–Crippen MR) is 98.8 cm³/mol. The number of rotatable bonds is 9. The van der Waals surface area contributed by atoms with Crippen LogP contribution in [0.5, 0.6) is 0 Å². The van der Waals surface area contributed by atoms with Gasteiger partial charge in [-0.05, 0) is 31.4 Å². The van der Waals surface area contributed by atoms with Crippen molar-refractivity contribution >= 4 is 11.8 Å². The molecular weight excluding hydrogens is 332 g/mol. The minimum Gasteiger partial charge on any atom is -0.466 e. The number of nitrogens with one attached hydrogen (secondary N) is 2. The lowest BCUT2D eigenvalue weighted by Crippen LogP contribution is -2.39. The summed E-state index contributed by atoms with van der Waals surface area (Å²) in [5.74, 6) is 0.850. The smallest absolute Gasteiger partial charge is 0.255 e. The van der Waals surface area contributed by atoms with Crippen LogP contribution in [-0.4, -0.2) is 31.5 Å². The van der Waals surface area contributed by atoms with Crippen molar-refractivity contribution in [3.63, 3.8) is 0 Å². The Morgan fingerprint density at radius 1 is 1.15 bits per heavy atom. The van der Waals surface area contributed by atoms with Gasteiger partial charge in [0.2, 0.25) is 5.91 Å². The fraction of sp³-hybridized carbons (Fsp3) is 0.400. The Morgan fingerprint density at radius 3 is 2.54 bits per heavy atom. The molecule has 2 amide bonds. The van der Waals surface area contributed by atoms with Gasteiger partial charge in [-0.25, -0.2) is 0 Å². The summed E-state index contributed by atoms with van der Waals surface area (Å²) < 4.78 is 11.0. The maximum absolute atomic E-state index is 12.0. The van der Waals surface area contributed by atoms with Crippen LogP contribution in [0.3, 0.4) is 0 Å². The molecule has 6 nitrogen and oxygen atoms in total. The van der Waals surface area contributed by atoms with Crippen LogP contribution >= 0.6 is 0 Å². The lowest BCUT2D eigenvalue weighted by atomic mass is 10.2. The molecule has 0 aliphatic rings. The van der Waals surface area contributed by atoms with Gasteiger partial charge in [-0.3, -0.25) is 9.59 Å². The Kier molecular flexibility index (Phi) is 7.41. The predicted octanol–water partition coefficient (Wildman–Crippen LogP) is 2.60. The summed E-state index contributed by atoms with van der Waals surface area (Å²) in [7, 11) is 0. The molecule has 0 aliphatic heterocycles. The molecule has 0 saturated carbocycles. The second-order valence-electron chi connectivity index (χ2n) is 6.42. The summed E-state index contributed by atoms with van der Waals surface area (Å²) in [5.41, 5.74) is 1.58. The quantitative estimate of drug-likeness (QED) is 0.722. The summed E-state index contributed by atoms with van der Waals surface area (Å²) in [4.78, 5) is 23.9. The molecule has 0 spiro atoms. The van der Waals surface area contributed by atoms with E-state index in [9.17, 15) is 9.59 Å². The molecule has 2 aromatic rings. The van der Waals surface area contributed by atoms with Crippen LogP contribution < -0.4 is 10.6 Å². The molecule has 2 N–H and O–H groups in total. The van der Waals surface area contributed by atoms with Gasteiger partial charge >= 0.3 is 0 Å². The van der Waals surface area contributed by atoms with Crippen molar-refractivity contribution in [2.45, 2.75) is 27.4 Å². The van der Waals surface area contributed by atoms with Gasteiger partial charge in [-0.2, -0.15) is 0 Å². The highest BCUT2D eigenvalue weighted by molar-refractivity contribution is 5.97. The third-order valence-electron chi connectivity index (χ3n) is 3.86. The lowest BCUT2D eigenvalue weighted by molar-refractivity contribution is -0.120. The van der Waals surface area contributed by atoms with Gasteiger partial charge in [0.15, 0.2) is 0 Å². The van der Waals surface area contributed by atoms with Crippen molar-refractivity contribution < 1.29 is 18.7 Å². The fourth-order valence-electron chi connectivity index (χ4n) is 2.47. The number of aryl methyl sites for hydroxylation is 2. The van der Waals surface area contributed by atoms with Gasteiger partial charge in [0.05, 0.1) is 25.3 Å². The Morgan fingerprint density at radius 2 is 1.88 bits per heavy atom. The van der Waals surface area contributed by atoms with Crippen LogP contribution in [0.25, 0.3) is 0 Å². The van der Waals surface area contributed by atoms with Gasteiger partial charge < -0.3 is 19.8 Å². The molecule has 0 bridgehead atoms. The molecule has 1 atom stereocenters. The van der Waals surface area contributed by atoms with Crippen LogP contribution in [-0.2, 0) is 16.1 Å². The highest BCUT2D eigenvalue weighted by atomic mass is 16.5. The second-order valence-corrected chi connectivity index (χ2v) is 6.42. The van der Waals surface area contributed by atoms with Crippen molar-refractivity contribution in [2.24, 2.45) is 5.92 Å². The van der Waals surface area contributed by atoms with E-state index in [1.54, 1.807) is 19.9 Å². The van der Waals surface area contributed by atoms with Crippen molar-refractivity contribution in [1.29, 1.82) is 0 Å². The fourth-order valence-corrected chi connectivity index (χ4v) is 2.47. The third-order valence-corrected chi connectivity index (χ3v) is 3.86. The van der Waals surface area contributed by atoms with Crippen LogP contribution in [0.15, 0.2) is 40.8 Å². The Balaban J connectivity index is 1.62. The van der Waals surface area contributed by atoms with Crippen molar-refractivity contribution in [1.82, 2.24) is 10.6 Å². The zero-order chi connectivity index (χ0) is 18.9. The highest BCUT2D eigenvalue weighted by Gasteiger charge is 2.14. The third kappa shape index (κ3) is 6.37. The molecule has 26 heavy (non-hydrogen) atoms. The van der Waals surface area contributed by atoms with E-state index in [2.05, 4.69) is 10.6 Å². The molecule has 0 radical (unpaired) electrons. The molecule has 6 heteroatoms. The number of carbonyl (C=O) groups is 2. The number of carbonyl (C=O) groups excluding carboxylic acids is 2. The van der Waals surface area contributed by atoms with Crippen LogP contribution in [0.4, 0.5) is 0 Å². The van der Waals surface area contributed by atoms with E-state index in [1.807, 2.05) is 37.3 Å². The van der Waals surface area contributed by atoms with E-state index in [-0.39, 0.29) is 24.3 Å². The molecule has 1 aromatic carbocycles. The largest absolute Gasteiger partial charge is 0.466 e. The molecule has 1 aromatic heterocycles. The average Bonchev–Trinajstić information content (AvgIpc) is 2.97. The summed E-state index contributed by atoms with van der Waals surface area (Å²) in [6.45, 7) is 7.03. The molecule has 140 valence electrons. The van der Waals surface area contributed by atoms with Gasteiger partial charge in [0.25, 0.3) is 5.91 Å². The topological polar surface area (TPSA) is 80.6 Å². The van der Waals surface area contributed by atoms with Gasteiger partial charge in [-0.1, -0.05) is 37.3 Å². The number of furan rings is 1. The monoisotopic (exact) mass is 358 g/mol. The normalized spacial score (nSPS) is 11.8. The maximum atomic E-state index is 12.0. The Bertz CT molecular complexity index is 725. The van der Waals surface area contributed by atoms with Gasteiger partial charge in [0.1, 0.15) is 11.5 Å². The van der Waals surface area contributed by atoms with Crippen LogP contribution in [0.1, 0.15) is 34.4 Å². The summed E-state index contributed by atoms with van der Waals surface area (Å²) in [6, 6.07) is 11.6. The first-order valence-electron chi connectivity index (χ1n) is 8.69. The number of hydrogen-bond donors (Lipinski definition) is 2. The SMILES string of the molecule is Cc1cc(C(=O)NCC(=O)NCC(C)COCc2ccccc2)c(C)o1. The number of amides is 2. The van der Waals surface area contributed by atoms with E-state index in [0.717, 1.165) is 5.56 Å². The van der Waals surface area contributed by atoms with Crippen molar-refractivity contribution in [2.75, 3.05) is 19.7 Å². The highest BCUT2D eigenvalue weighted by Crippen LogP contribution is 2.13. The van der Waals surface area contributed by atoms with E-state index < -0.39 is 0 Å². The molecular formula is C20H26N2O4. The molecule has 0 fully saturated rings. The number of ether oxygens (including phenoxy) is 1. The van der Waals surface area contributed by atoms with E-state index in [1.165, 1.54) is 0 Å². The molecule has 1 unspecified atom stereocenters. The first kappa shape index (κ1) is 19.7. The van der Waals surface area contributed by atoms with Crippen molar-refractivity contribution in [3.8, 4) is 0 Å². The number of benzene rings is 1. The van der Waals surface area contributed by atoms with Gasteiger partial charge in [-0.15, -0.1) is 0 Å². The standard InChI is InChI=1S/C20H26N2O4/c1-14(12-25-13-17-7-5-4-6-8-17)10-21-19(23)11-22-20(24)18-9-15(2)26-16(18)3/h4-9,14H,10-13H2,1-3H3,(H,21,23)(H,22,24). The summed E-state index contributed by atoms with van der Waals surface area (Å²) >= 11 is 0. The van der Waals surface area contributed by atoms with E-state index in [4.69, 9.17) is 9.15 Å². The van der Waals surface area contributed by atoms with Gasteiger partial charge in [0, 0.05) is 6.54 Å². The molecule has 0 aliphatic carbocycles. The Labute approximate surface area is 153 Å². The second kappa shape index (κ2) is 9.77. The molecule has 1 heterocycles. The molecule has 2 rings (SSSR count). The summed E-state index contributed by atoms with van der Waals surface area (Å²) in [6.07, 6.45) is 0. The first-order valence-corrected chi connectivity index (χ1v) is 8.69. The molecule has 0 saturated heterocycles. The average molecular weight is 358 g/mol. The number of hydrogen-bond acceptors (Lipinski definition) is 4. The zero-order valence-corrected chi connectivity index (χ0v) is 15.5. The maximum Gasteiger partial charge on any atom is 0.255 e. The first-order chi connectivity index (χ1) is 12.5. The summed E-state index contributed by atoms with van der Waals surface area (Å²) in [5, 5.41) is 5.40. The van der Waals surface area contributed by atoms with E-state index in [0.29, 0.717) is 36.8 Å². The van der Waals surface area contributed by atoms with Crippen molar-refractivity contribution in [3.05, 3.63) is 59.0 Å². The minimum atomic E-state index is -0.311. The lowest BCUT2D eigenvalue weighted by Gasteiger charge is -2.13. The van der Waals surface area contributed by atoms with Crippen LogP contribution in [0.2, 0.25) is 0 Å². The zero-order valence-electron chi connectivity index (χ0n) is 15.5.